The largest absolute Gasteiger partial charge is 0.416 e. The van der Waals surface area contributed by atoms with E-state index in [2.05, 4.69) is 25.8 Å². The molecule has 1 rings (SSSR count). The van der Waals surface area contributed by atoms with Gasteiger partial charge in [-0.15, -0.1) is 0 Å². The summed E-state index contributed by atoms with van der Waals surface area (Å²) >= 11 is 0. The first-order chi connectivity index (χ1) is 6.75. The fourth-order valence-corrected chi connectivity index (χ4v) is 0.791. The van der Waals surface area contributed by atoms with Crippen LogP contribution in [0.25, 0.3) is 0 Å². The number of pyridine rings is 1. The standard InChI is InChI=1S/C7H6F3N.C4H10/c1-5-4-11-3-2-6(5)7(8,9)10;1-4(2)3/h2-4H,1H3;4H,1-3H3. The van der Waals surface area contributed by atoms with Crippen molar-refractivity contribution in [2.75, 3.05) is 0 Å². The molecule has 0 fully saturated rings. The Balaban J connectivity index is 0.000000423. The van der Waals surface area contributed by atoms with Crippen molar-refractivity contribution in [2.24, 2.45) is 5.92 Å². The van der Waals surface area contributed by atoms with E-state index in [0.29, 0.717) is 0 Å². The highest BCUT2D eigenvalue weighted by Gasteiger charge is 2.31. The lowest BCUT2D eigenvalue weighted by Gasteiger charge is -2.07. The van der Waals surface area contributed by atoms with Gasteiger partial charge in [0.15, 0.2) is 0 Å². The maximum atomic E-state index is 12.0. The third-order valence-corrected chi connectivity index (χ3v) is 1.33. The van der Waals surface area contributed by atoms with Gasteiger partial charge >= 0.3 is 6.18 Å². The van der Waals surface area contributed by atoms with E-state index in [4.69, 9.17) is 0 Å². The average molecular weight is 219 g/mol. The summed E-state index contributed by atoms with van der Waals surface area (Å²) in [6.07, 6.45) is -1.92. The van der Waals surface area contributed by atoms with E-state index in [1.54, 1.807) is 0 Å². The molecule has 0 bridgehead atoms. The highest BCUT2D eigenvalue weighted by Crippen LogP contribution is 2.30. The van der Waals surface area contributed by atoms with Gasteiger partial charge in [0.05, 0.1) is 5.56 Å². The van der Waals surface area contributed by atoms with Crippen LogP contribution in [-0.2, 0) is 6.18 Å². The topological polar surface area (TPSA) is 12.9 Å². The van der Waals surface area contributed by atoms with Gasteiger partial charge in [-0.2, -0.15) is 13.2 Å². The molecule has 0 amide bonds. The van der Waals surface area contributed by atoms with Gasteiger partial charge in [-0.1, -0.05) is 20.8 Å². The van der Waals surface area contributed by atoms with Gasteiger partial charge in [0.25, 0.3) is 0 Å². The van der Waals surface area contributed by atoms with Crippen molar-refractivity contribution in [3.05, 3.63) is 29.6 Å². The number of hydrogen-bond donors (Lipinski definition) is 0. The predicted octanol–water partition coefficient (Wildman–Crippen LogP) is 4.07. The second-order valence-corrected chi connectivity index (χ2v) is 3.92. The molecule has 1 nitrogen and oxygen atoms in total. The third kappa shape index (κ3) is 6.10. The summed E-state index contributed by atoms with van der Waals surface area (Å²) in [4.78, 5) is 3.56. The Kier molecular flexibility index (Phi) is 5.33. The molecule has 15 heavy (non-hydrogen) atoms. The van der Waals surface area contributed by atoms with Crippen LogP contribution in [0.4, 0.5) is 13.2 Å². The van der Waals surface area contributed by atoms with E-state index in [0.717, 1.165) is 18.2 Å². The molecule has 0 aliphatic carbocycles. The number of alkyl halides is 3. The highest BCUT2D eigenvalue weighted by atomic mass is 19.4. The Hall–Kier alpha value is -1.06. The van der Waals surface area contributed by atoms with Gasteiger partial charge in [0.2, 0.25) is 0 Å². The minimum absolute atomic E-state index is 0.153. The van der Waals surface area contributed by atoms with Crippen molar-refractivity contribution in [1.82, 2.24) is 4.98 Å². The van der Waals surface area contributed by atoms with Crippen LogP contribution in [-0.4, -0.2) is 4.98 Å². The van der Waals surface area contributed by atoms with E-state index in [1.165, 1.54) is 13.1 Å². The molecule has 0 aliphatic heterocycles. The number of aromatic nitrogens is 1. The Bertz CT molecular complexity index is 289. The minimum Gasteiger partial charge on any atom is -0.264 e. The fraction of sp³-hybridized carbons (Fsp3) is 0.545. The van der Waals surface area contributed by atoms with E-state index in [-0.39, 0.29) is 5.56 Å². The Morgan fingerprint density at radius 2 is 1.67 bits per heavy atom. The quantitative estimate of drug-likeness (QED) is 0.641. The number of rotatable bonds is 0. The zero-order chi connectivity index (χ0) is 12.1. The summed E-state index contributed by atoms with van der Waals surface area (Å²) in [6, 6.07) is 0.968. The summed E-state index contributed by atoms with van der Waals surface area (Å²) in [5, 5.41) is 0. The zero-order valence-electron chi connectivity index (χ0n) is 9.39. The van der Waals surface area contributed by atoms with Crippen LogP contribution in [0.1, 0.15) is 31.9 Å². The SMILES string of the molecule is CC(C)C.Cc1cnccc1C(F)(F)F. The average Bonchev–Trinajstić information content (AvgIpc) is 2.01. The molecule has 0 saturated carbocycles. The monoisotopic (exact) mass is 219 g/mol. The molecule has 0 spiro atoms. The summed E-state index contributed by atoms with van der Waals surface area (Å²) in [7, 11) is 0. The van der Waals surface area contributed by atoms with Gasteiger partial charge in [-0.3, -0.25) is 4.98 Å². The zero-order valence-corrected chi connectivity index (χ0v) is 9.39. The number of hydrogen-bond acceptors (Lipinski definition) is 1. The molecule has 0 unspecified atom stereocenters. The predicted molar refractivity (Wildman–Crippen MR) is 54.5 cm³/mol. The van der Waals surface area contributed by atoms with E-state index >= 15 is 0 Å². The third-order valence-electron chi connectivity index (χ3n) is 1.33. The minimum atomic E-state index is -4.26. The smallest absolute Gasteiger partial charge is 0.264 e. The van der Waals surface area contributed by atoms with Gasteiger partial charge in [-0.25, -0.2) is 0 Å². The van der Waals surface area contributed by atoms with Crippen LogP contribution in [0, 0.1) is 12.8 Å². The van der Waals surface area contributed by atoms with Crippen LogP contribution in [0.2, 0.25) is 0 Å². The molecule has 0 N–H and O–H groups in total. The number of nitrogens with zero attached hydrogens (tertiary/aromatic N) is 1. The summed E-state index contributed by atoms with van der Waals surface area (Å²) < 4.78 is 36.1. The van der Waals surface area contributed by atoms with Crippen molar-refractivity contribution in [2.45, 2.75) is 33.9 Å². The van der Waals surface area contributed by atoms with E-state index in [9.17, 15) is 13.2 Å². The molecule has 0 radical (unpaired) electrons. The first kappa shape index (κ1) is 13.9. The molecule has 1 aromatic heterocycles. The van der Waals surface area contributed by atoms with Crippen molar-refractivity contribution in [3.8, 4) is 0 Å². The summed E-state index contributed by atoms with van der Waals surface area (Å²) in [6.45, 7) is 7.88. The van der Waals surface area contributed by atoms with Crippen molar-refractivity contribution in [3.63, 3.8) is 0 Å². The fourth-order valence-electron chi connectivity index (χ4n) is 0.791. The first-order valence-electron chi connectivity index (χ1n) is 4.73. The Morgan fingerprint density at radius 1 is 1.20 bits per heavy atom. The number of halogens is 3. The molecule has 1 aromatic rings. The summed E-state index contributed by atoms with van der Waals surface area (Å²) in [5.74, 6) is 0.833. The second-order valence-electron chi connectivity index (χ2n) is 3.92. The van der Waals surface area contributed by atoms with Crippen molar-refractivity contribution >= 4 is 0 Å². The van der Waals surface area contributed by atoms with Crippen LogP contribution in [0.3, 0.4) is 0 Å². The lowest BCUT2D eigenvalue weighted by molar-refractivity contribution is -0.138. The van der Waals surface area contributed by atoms with Crippen molar-refractivity contribution < 1.29 is 13.2 Å². The van der Waals surface area contributed by atoms with Gasteiger partial charge in [0.1, 0.15) is 0 Å². The molecular weight excluding hydrogens is 203 g/mol. The van der Waals surface area contributed by atoms with Crippen LogP contribution < -0.4 is 0 Å². The molecule has 1 heterocycles. The lowest BCUT2D eigenvalue weighted by Crippen LogP contribution is -2.07. The van der Waals surface area contributed by atoms with E-state index < -0.39 is 11.7 Å². The molecule has 0 atom stereocenters. The maximum absolute atomic E-state index is 12.0. The van der Waals surface area contributed by atoms with E-state index in [1.807, 2.05) is 0 Å². The highest BCUT2D eigenvalue weighted by molar-refractivity contribution is 5.24. The maximum Gasteiger partial charge on any atom is 0.416 e. The van der Waals surface area contributed by atoms with Gasteiger partial charge in [0, 0.05) is 12.4 Å². The number of aryl methyl sites for hydroxylation is 1. The Labute approximate surface area is 88.3 Å². The molecule has 0 saturated heterocycles. The molecule has 4 heteroatoms. The van der Waals surface area contributed by atoms with Crippen LogP contribution in [0.15, 0.2) is 18.5 Å². The molecule has 0 aliphatic rings. The normalized spacial score (nSPS) is 10.9. The van der Waals surface area contributed by atoms with Crippen LogP contribution >= 0.6 is 0 Å². The second kappa shape index (κ2) is 5.73. The molecular formula is C11H16F3N. The van der Waals surface area contributed by atoms with Gasteiger partial charge < -0.3 is 0 Å². The molecule has 86 valence electrons. The molecule has 0 aromatic carbocycles. The Morgan fingerprint density at radius 3 is 1.93 bits per heavy atom. The first-order valence-corrected chi connectivity index (χ1v) is 4.73. The van der Waals surface area contributed by atoms with Crippen molar-refractivity contribution in [1.29, 1.82) is 0 Å². The summed E-state index contributed by atoms with van der Waals surface area (Å²) in [5.41, 5.74) is -0.465. The van der Waals surface area contributed by atoms with Gasteiger partial charge in [-0.05, 0) is 24.5 Å². The van der Waals surface area contributed by atoms with Crippen LogP contribution in [0.5, 0.6) is 0 Å². The lowest BCUT2D eigenvalue weighted by atomic mass is 10.1.